The van der Waals surface area contributed by atoms with Crippen molar-refractivity contribution in [3.05, 3.63) is 21.9 Å². The number of thiophene rings is 1. The van der Waals surface area contributed by atoms with E-state index in [1.165, 1.54) is 9.75 Å². The Hall–Kier alpha value is -0.870. The van der Waals surface area contributed by atoms with E-state index in [0.717, 1.165) is 26.1 Å². The van der Waals surface area contributed by atoms with Crippen molar-refractivity contribution in [2.45, 2.75) is 31.6 Å². The maximum Gasteiger partial charge on any atom is 0.303 e. The van der Waals surface area contributed by atoms with Crippen LogP contribution >= 0.6 is 11.3 Å². The molecule has 0 atom stereocenters. The minimum atomic E-state index is -0.721. The number of ether oxygens (including phenoxy) is 1. The number of carboxylic acids is 1. The van der Waals surface area contributed by atoms with Crippen LogP contribution in [-0.4, -0.2) is 24.3 Å². The molecule has 16 heavy (non-hydrogen) atoms. The lowest BCUT2D eigenvalue weighted by Crippen LogP contribution is -2.12. The molecule has 1 saturated heterocycles. The van der Waals surface area contributed by atoms with Crippen molar-refractivity contribution >= 4 is 17.3 Å². The first kappa shape index (κ1) is 11.6. The van der Waals surface area contributed by atoms with Gasteiger partial charge in [0.2, 0.25) is 0 Å². The monoisotopic (exact) mass is 240 g/mol. The predicted molar refractivity (Wildman–Crippen MR) is 63.1 cm³/mol. The first-order valence-corrected chi connectivity index (χ1v) is 6.45. The molecule has 2 heterocycles. The normalized spacial score (nSPS) is 17.5. The maximum absolute atomic E-state index is 10.5. The Morgan fingerprint density at radius 1 is 1.44 bits per heavy atom. The van der Waals surface area contributed by atoms with Crippen LogP contribution in [0.15, 0.2) is 12.1 Å². The summed E-state index contributed by atoms with van der Waals surface area (Å²) in [4.78, 5) is 13.0. The lowest BCUT2D eigenvalue weighted by atomic mass is 9.99. The number of carboxylic acid groups (broad SMARTS) is 1. The number of carbonyl (C=O) groups is 1. The smallest absolute Gasteiger partial charge is 0.303 e. The largest absolute Gasteiger partial charge is 0.481 e. The van der Waals surface area contributed by atoms with Crippen molar-refractivity contribution in [3.8, 4) is 0 Å². The summed E-state index contributed by atoms with van der Waals surface area (Å²) < 4.78 is 5.33. The van der Waals surface area contributed by atoms with Gasteiger partial charge in [0.15, 0.2) is 0 Å². The molecular formula is C12H16O3S. The third-order valence-corrected chi connectivity index (χ3v) is 4.20. The summed E-state index contributed by atoms with van der Waals surface area (Å²) in [5.41, 5.74) is 0. The highest BCUT2D eigenvalue weighted by Crippen LogP contribution is 2.32. The minimum absolute atomic E-state index is 0.230. The van der Waals surface area contributed by atoms with Gasteiger partial charge in [0.05, 0.1) is 6.42 Å². The lowest BCUT2D eigenvalue weighted by Gasteiger charge is -2.20. The van der Waals surface area contributed by atoms with E-state index in [4.69, 9.17) is 9.84 Å². The molecule has 0 radical (unpaired) electrons. The fraction of sp³-hybridized carbons (Fsp3) is 0.583. The quantitative estimate of drug-likeness (QED) is 0.880. The van der Waals surface area contributed by atoms with Gasteiger partial charge in [-0.3, -0.25) is 4.79 Å². The molecule has 0 aromatic carbocycles. The zero-order valence-corrected chi connectivity index (χ0v) is 9.96. The van der Waals surface area contributed by atoms with Gasteiger partial charge in [-0.1, -0.05) is 0 Å². The molecule has 1 aliphatic rings. The van der Waals surface area contributed by atoms with E-state index in [2.05, 4.69) is 12.1 Å². The molecule has 0 spiro atoms. The highest BCUT2D eigenvalue weighted by molar-refractivity contribution is 7.12. The van der Waals surface area contributed by atoms with Crippen LogP contribution in [0.3, 0.4) is 0 Å². The number of hydrogen-bond acceptors (Lipinski definition) is 3. The van der Waals surface area contributed by atoms with Crippen LogP contribution in [0.2, 0.25) is 0 Å². The van der Waals surface area contributed by atoms with Crippen molar-refractivity contribution < 1.29 is 14.6 Å². The average molecular weight is 240 g/mol. The van der Waals surface area contributed by atoms with E-state index in [0.29, 0.717) is 12.3 Å². The van der Waals surface area contributed by atoms with Gasteiger partial charge in [0.1, 0.15) is 0 Å². The van der Waals surface area contributed by atoms with E-state index < -0.39 is 5.97 Å². The van der Waals surface area contributed by atoms with E-state index >= 15 is 0 Å². The Morgan fingerprint density at radius 3 is 2.88 bits per heavy atom. The van der Waals surface area contributed by atoms with Gasteiger partial charge in [-0.25, -0.2) is 0 Å². The van der Waals surface area contributed by atoms with Crippen LogP contribution in [0.25, 0.3) is 0 Å². The number of aryl methyl sites for hydroxylation is 1. The second-order valence-electron chi connectivity index (χ2n) is 4.08. The van der Waals surface area contributed by atoms with Gasteiger partial charge in [-0.2, -0.15) is 0 Å². The molecule has 0 bridgehead atoms. The molecular weight excluding hydrogens is 224 g/mol. The second-order valence-corrected chi connectivity index (χ2v) is 5.28. The van der Waals surface area contributed by atoms with Gasteiger partial charge >= 0.3 is 5.97 Å². The third-order valence-electron chi connectivity index (χ3n) is 2.89. The van der Waals surface area contributed by atoms with Crippen molar-refractivity contribution in [2.24, 2.45) is 0 Å². The van der Waals surface area contributed by atoms with Gasteiger partial charge in [-0.15, -0.1) is 11.3 Å². The van der Waals surface area contributed by atoms with Gasteiger partial charge in [-0.05, 0) is 37.3 Å². The van der Waals surface area contributed by atoms with Gasteiger partial charge in [0.25, 0.3) is 0 Å². The summed E-state index contributed by atoms with van der Waals surface area (Å²) in [5, 5.41) is 8.62. The Morgan fingerprint density at radius 2 is 2.19 bits per heavy atom. The Kier molecular flexibility index (Phi) is 3.96. The fourth-order valence-corrected chi connectivity index (χ4v) is 3.14. The van der Waals surface area contributed by atoms with Crippen molar-refractivity contribution in [1.29, 1.82) is 0 Å². The molecule has 1 aromatic heterocycles. The van der Waals surface area contributed by atoms with Crippen LogP contribution in [-0.2, 0) is 16.0 Å². The SMILES string of the molecule is O=C(O)CCc1ccc(C2CCOCC2)s1. The molecule has 3 nitrogen and oxygen atoms in total. The zero-order valence-electron chi connectivity index (χ0n) is 9.15. The molecule has 0 unspecified atom stereocenters. The second kappa shape index (κ2) is 5.46. The molecule has 2 rings (SSSR count). The Labute approximate surface area is 99.1 Å². The van der Waals surface area contributed by atoms with Crippen LogP contribution in [0, 0.1) is 0 Å². The summed E-state index contributed by atoms with van der Waals surface area (Å²) >= 11 is 1.76. The molecule has 1 aromatic rings. The lowest BCUT2D eigenvalue weighted by molar-refractivity contribution is -0.136. The molecule has 0 amide bonds. The molecule has 88 valence electrons. The summed E-state index contributed by atoms with van der Waals surface area (Å²) in [6.07, 6.45) is 3.08. The van der Waals surface area contributed by atoms with E-state index in [1.54, 1.807) is 11.3 Å². The maximum atomic E-state index is 10.5. The van der Waals surface area contributed by atoms with Crippen molar-refractivity contribution in [1.82, 2.24) is 0 Å². The fourth-order valence-electron chi connectivity index (χ4n) is 1.96. The zero-order chi connectivity index (χ0) is 11.4. The van der Waals surface area contributed by atoms with E-state index in [1.807, 2.05) is 0 Å². The van der Waals surface area contributed by atoms with Crippen LogP contribution in [0.4, 0.5) is 0 Å². The number of hydrogen-bond donors (Lipinski definition) is 1. The topological polar surface area (TPSA) is 46.5 Å². The third kappa shape index (κ3) is 3.06. The Bertz CT molecular complexity index is 353. The van der Waals surface area contributed by atoms with Gasteiger partial charge < -0.3 is 9.84 Å². The predicted octanol–water partition coefficient (Wildman–Crippen LogP) is 2.66. The highest BCUT2D eigenvalue weighted by Gasteiger charge is 2.17. The highest BCUT2D eigenvalue weighted by atomic mass is 32.1. The molecule has 1 aliphatic heterocycles. The van der Waals surface area contributed by atoms with Crippen molar-refractivity contribution in [2.75, 3.05) is 13.2 Å². The Balaban J connectivity index is 1.93. The molecule has 1 fully saturated rings. The van der Waals surface area contributed by atoms with E-state index in [-0.39, 0.29) is 6.42 Å². The molecule has 0 aliphatic carbocycles. The minimum Gasteiger partial charge on any atom is -0.481 e. The van der Waals surface area contributed by atoms with Crippen LogP contribution in [0.5, 0.6) is 0 Å². The summed E-state index contributed by atoms with van der Waals surface area (Å²) in [6, 6.07) is 4.22. The van der Waals surface area contributed by atoms with Crippen LogP contribution < -0.4 is 0 Å². The first-order chi connectivity index (χ1) is 7.75. The summed E-state index contributed by atoms with van der Waals surface area (Å²) in [5.74, 6) is -0.0988. The van der Waals surface area contributed by atoms with Crippen molar-refractivity contribution in [3.63, 3.8) is 0 Å². The standard InChI is InChI=1S/C12H16O3S/c13-12(14)4-2-10-1-3-11(16-10)9-5-7-15-8-6-9/h1,3,9H,2,4-8H2,(H,13,14). The number of aliphatic carboxylic acids is 1. The summed E-state index contributed by atoms with van der Waals surface area (Å²) in [6.45, 7) is 1.71. The summed E-state index contributed by atoms with van der Waals surface area (Å²) in [7, 11) is 0. The first-order valence-electron chi connectivity index (χ1n) is 5.64. The molecule has 1 N–H and O–H groups in total. The van der Waals surface area contributed by atoms with E-state index in [9.17, 15) is 4.79 Å². The van der Waals surface area contributed by atoms with Crippen LogP contribution in [0.1, 0.15) is 34.9 Å². The molecule has 0 saturated carbocycles. The van der Waals surface area contributed by atoms with Gasteiger partial charge in [0, 0.05) is 23.0 Å². The molecule has 4 heteroatoms. The number of rotatable bonds is 4. The average Bonchev–Trinajstić information content (AvgIpc) is 2.76.